The summed E-state index contributed by atoms with van der Waals surface area (Å²) in [4.78, 5) is 0. The van der Waals surface area contributed by atoms with Crippen LogP contribution in [0.4, 0.5) is 0 Å². The van der Waals surface area contributed by atoms with Gasteiger partial charge < -0.3 is 14.8 Å². The van der Waals surface area contributed by atoms with Crippen LogP contribution < -0.4 is 20.2 Å². The second-order valence-corrected chi connectivity index (χ2v) is 7.70. The van der Waals surface area contributed by atoms with Crippen LogP contribution in [0, 0.1) is 6.92 Å². The summed E-state index contributed by atoms with van der Waals surface area (Å²) in [6.45, 7) is 9.30. The Bertz CT molecular complexity index is 885. The first-order chi connectivity index (χ1) is 13.8. The average molecular weight is 434 g/mol. The number of aryl methyl sites for hydroxylation is 1. The SMILES string of the molecule is CCNC(=S)NN=Cc1ccc(OC)c(COc2cc(C)c(Cl)cc2C(C)C)c1. The van der Waals surface area contributed by atoms with Crippen LogP contribution in [0.5, 0.6) is 11.5 Å². The van der Waals surface area contributed by atoms with E-state index >= 15 is 0 Å². The number of nitrogens with one attached hydrogen (secondary N) is 2. The van der Waals surface area contributed by atoms with E-state index in [1.54, 1.807) is 13.3 Å². The topological polar surface area (TPSA) is 54.9 Å². The first-order valence-electron chi connectivity index (χ1n) is 9.52. The van der Waals surface area contributed by atoms with Gasteiger partial charge in [0.2, 0.25) is 0 Å². The molecular weight excluding hydrogens is 406 g/mol. The zero-order valence-corrected chi connectivity index (χ0v) is 19.1. The molecule has 0 amide bonds. The number of nitrogens with zero attached hydrogens (tertiary/aromatic N) is 1. The molecule has 0 aromatic heterocycles. The lowest BCUT2D eigenvalue weighted by atomic mass is 10.0. The van der Waals surface area contributed by atoms with E-state index < -0.39 is 0 Å². The molecule has 0 aliphatic heterocycles. The van der Waals surface area contributed by atoms with E-state index in [2.05, 4.69) is 29.7 Å². The van der Waals surface area contributed by atoms with Crippen LogP contribution in [0.1, 0.15) is 48.9 Å². The van der Waals surface area contributed by atoms with E-state index in [0.29, 0.717) is 17.6 Å². The molecule has 0 atom stereocenters. The van der Waals surface area contributed by atoms with Gasteiger partial charge in [0.25, 0.3) is 0 Å². The zero-order chi connectivity index (χ0) is 21.4. The third-order valence-electron chi connectivity index (χ3n) is 4.32. The van der Waals surface area contributed by atoms with Crippen molar-refractivity contribution >= 4 is 35.1 Å². The normalized spacial score (nSPS) is 11.0. The third-order valence-corrected chi connectivity index (χ3v) is 4.96. The molecule has 0 radical (unpaired) electrons. The molecule has 0 heterocycles. The highest BCUT2D eigenvalue weighted by Crippen LogP contribution is 2.33. The van der Waals surface area contributed by atoms with E-state index in [9.17, 15) is 0 Å². The highest BCUT2D eigenvalue weighted by Gasteiger charge is 2.13. The van der Waals surface area contributed by atoms with E-state index in [0.717, 1.165) is 45.3 Å². The second-order valence-electron chi connectivity index (χ2n) is 6.88. The van der Waals surface area contributed by atoms with Gasteiger partial charge in [0.1, 0.15) is 18.1 Å². The zero-order valence-electron chi connectivity index (χ0n) is 17.5. The maximum absolute atomic E-state index is 6.30. The molecule has 0 aliphatic rings. The van der Waals surface area contributed by atoms with Crippen molar-refractivity contribution in [2.75, 3.05) is 13.7 Å². The molecule has 2 rings (SSSR count). The lowest BCUT2D eigenvalue weighted by Gasteiger charge is -2.17. The van der Waals surface area contributed by atoms with Crippen LogP contribution in [0.25, 0.3) is 0 Å². The number of hydrogen-bond acceptors (Lipinski definition) is 4. The van der Waals surface area contributed by atoms with E-state index in [4.69, 9.17) is 33.3 Å². The minimum atomic E-state index is 0.301. The minimum Gasteiger partial charge on any atom is -0.496 e. The second kappa shape index (κ2) is 11.0. The van der Waals surface area contributed by atoms with Gasteiger partial charge in [-0.2, -0.15) is 5.10 Å². The summed E-state index contributed by atoms with van der Waals surface area (Å²) in [6, 6.07) is 9.78. The molecule has 2 N–H and O–H groups in total. The molecular formula is C22H28ClN3O2S. The number of benzene rings is 2. The van der Waals surface area contributed by atoms with Crippen molar-refractivity contribution in [1.29, 1.82) is 0 Å². The predicted octanol–water partition coefficient (Wildman–Crippen LogP) is 5.18. The van der Waals surface area contributed by atoms with Gasteiger partial charge in [0.05, 0.1) is 13.3 Å². The van der Waals surface area contributed by atoms with Crippen LogP contribution in [0.15, 0.2) is 35.4 Å². The Balaban J connectivity index is 2.19. The number of methoxy groups -OCH3 is 1. The van der Waals surface area contributed by atoms with Crippen molar-refractivity contribution in [2.45, 2.75) is 40.2 Å². The summed E-state index contributed by atoms with van der Waals surface area (Å²) < 4.78 is 11.7. The molecule has 0 bridgehead atoms. The molecule has 29 heavy (non-hydrogen) atoms. The first-order valence-corrected chi connectivity index (χ1v) is 10.3. The lowest BCUT2D eigenvalue weighted by molar-refractivity contribution is 0.292. The molecule has 2 aromatic carbocycles. The van der Waals surface area contributed by atoms with Gasteiger partial charge in [-0.05, 0) is 79.0 Å². The lowest BCUT2D eigenvalue weighted by Crippen LogP contribution is -2.31. The van der Waals surface area contributed by atoms with Crippen molar-refractivity contribution in [3.05, 3.63) is 57.6 Å². The predicted molar refractivity (Wildman–Crippen MR) is 125 cm³/mol. The molecule has 5 nitrogen and oxygen atoms in total. The van der Waals surface area contributed by atoms with Gasteiger partial charge in [-0.25, -0.2) is 0 Å². The smallest absolute Gasteiger partial charge is 0.186 e. The fraction of sp³-hybridized carbons (Fsp3) is 0.364. The van der Waals surface area contributed by atoms with Crippen molar-refractivity contribution in [3.63, 3.8) is 0 Å². The molecule has 2 aromatic rings. The van der Waals surface area contributed by atoms with Crippen molar-refractivity contribution in [3.8, 4) is 11.5 Å². The van der Waals surface area contributed by atoms with E-state index in [-0.39, 0.29) is 0 Å². The van der Waals surface area contributed by atoms with Gasteiger partial charge in [0.15, 0.2) is 5.11 Å². The largest absolute Gasteiger partial charge is 0.496 e. The Morgan fingerprint density at radius 1 is 1.24 bits per heavy atom. The molecule has 0 aliphatic carbocycles. The number of halogens is 1. The van der Waals surface area contributed by atoms with E-state index in [1.807, 2.05) is 44.2 Å². The van der Waals surface area contributed by atoms with Crippen molar-refractivity contribution in [1.82, 2.24) is 10.7 Å². The summed E-state index contributed by atoms with van der Waals surface area (Å²) in [5.41, 5.74) is 6.69. The fourth-order valence-electron chi connectivity index (χ4n) is 2.76. The standard InChI is InChI=1S/C22H28ClN3O2S/c1-6-24-22(29)26-25-12-16-7-8-20(27-5)17(10-16)13-28-21-9-15(4)19(23)11-18(21)14(2)3/h7-12,14H,6,13H2,1-5H3,(H2,24,26,29). The number of ether oxygens (including phenoxy) is 2. The molecule has 7 heteroatoms. The maximum Gasteiger partial charge on any atom is 0.186 e. The Labute approximate surface area is 183 Å². The Morgan fingerprint density at radius 2 is 2.00 bits per heavy atom. The first kappa shape index (κ1) is 23.0. The highest BCUT2D eigenvalue weighted by molar-refractivity contribution is 7.80. The summed E-state index contributed by atoms with van der Waals surface area (Å²) in [7, 11) is 1.65. The van der Waals surface area contributed by atoms with Crippen LogP contribution in [-0.4, -0.2) is 25.0 Å². The van der Waals surface area contributed by atoms with Crippen molar-refractivity contribution < 1.29 is 9.47 Å². The van der Waals surface area contributed by atoms with Crippen molar-refractivity contribution in [2.24, 2.45) is 5.10 Å². The highest BCUT2D eigenvalue weighted by atomic mass is 35.5. The number of hydrazone groups is 1. The van der Waals surface area contributed by atoms with Crippen LogP contribution >= 0.6 is 23.8 Å². The minimum absolute atomic E-state index is 0.301. The quantitative estimate of drug-likeness (QED) is 0.341. The third kappa shape index (κ3) is 6.61. The van der Waals surface area contributed by atoms with Crippen LogP contribution in [0.3, 0.4) is 0 Å². The molecule has 0 fully saturated rings. The Morgan fingerprint density at radius 3 is 2.66 bits per heavy atom. The van der Waals surface area contributed by atoms with Crippen LogP contribution in [0.2, 0.25) is 5.02 Å². The summed E-state index contributed by atoms with van der Waals surface area (Å²) in [5, 5.41) is 8.37. The molecule has 0 spiro atoms. The average Bonchev–Trinajstić information content (AvgIpc) is 2.68. The van der Waals surface area contributed by atoms with Gasteiger partial charge in [-0.3, -0.25) is 5.43 Å². The van der Waals surface area contributed by atoms with Gasteiger partial charge >= 0.3 is 0 Å². The Hall–Kier alpha value is -2.31. The van der Waals surface area contributed by atoms with Gasteiger partial charge in [-0.15, -0.1) is 0 Å². The van der Waals surface area contributed by atoms with E-state index in [1.165, 1.54) is 0 Å². The summed E-state index contributed by atoms with van der Waals surface area (Å²) >= 11 is 11.4. The maximum atomic E-state index is 6.30. The molecule has 156 valence electrons. The summed E-state index contributed by atoms with van der Waals surface area (Å²) in [5.74, 6) is 1.89. The fourth-order valence-corrected chi connectivity index (χ4v) is 3.13. The number of hydrogen-bond donors (Lipinski definition) is 2. The van der Waals surface area contributed by atoms with Gasteiger partial charge in [-0.1, -0.05) is 25.4 Å². The summed E-state index contributed by atoms with van der Waals surface area (Å²) in [6.07, 6.45) is 1.71. The monoisotopic (exact) mass is 433 g/mol. The molecule has 0 saturated carbocycles. The van der Waals surface area contributed by atoms with Gasteiger partial charge in [0, 0.05) is 17.1 Å². The van der Waals surface area contributed by atoms with Crippen LogP contribution in [-0.2, 0) is 6.61 Å². The Kier molecular flexibility index (Phi) is 8.73. The number of thiocarbonyl (C=S) groups is 1. The molecule has 0 unspecified atom stereocenters. The number of rotatable bonds is 8. The molecule has 0 saturated heterocycles.